The highest BCUT2D eigenvalue weighted by molar-refractivity contribution is 7.18. The van der Waals surface area contributed by atoms with Crippen LogP contribution in [0.3, 0.4) is 0 Å². The lowest BCUT2D eigenvalue weighted by molar-refractivity contribution is -0.120. The maximum atomic E-state index is 12.9. The fraction of sp³-hybridized carbons (Fsp3) is 0.391. The number of esters is 1. The second-order valence-electron chi connectivity index (χ2n) is 7.46. The van der Waals surface area contributed by atoms with Gasteiger partial charge in [0.1, 0.15) is 10.8 Å². The molecule has 9 nitrogen and oxygen atoms in total. The number of nitrogens with zero attached hydrogens (tertiary/aromatic N) is 1. The van der Waals surface area contributed by atoms with Gasteiger partial charge in [0.05, 0.1) is 36.6 Å². The summed E-state index contributed by atoms with van der Waals surface area (Å²) in [6.45, 7) is 4.85. The van der Waals surface area contributed by atoms with Crippen molar-refractivity contribution in [2.45, 2.75) is 33.2 Å². The van der Waals surface area contributed by atoms with Gasteiger partial charge in [0.25, 0.3) is 5.91 Å². The summed E-state index contributed by atoms with van der Waals surface area (Å²) in [5.74, 6) is -0.969. The van der Waals surface area contributed by atoms with Crippen LogP contribution in [0.4, 0.5) is 5.00 Å². The van der Waals surface area contributed by atoms with E-state index in [2.05, 4.69) is 10.6 Å². The third-order valence-corrected chi connectivity index (χ3v) is 5.96. The Morgan fingerprint density at radius 3 is 2.27 bits per heavy atom. The molecule has 0 saturated carbocycles. The Hall–Kier alpha value is -3.40. The highest BCUT2D eigenvalue weighted by Crippen LogP contribution is 2.35. The summed E-state index contributed by atoms with van der Waals surface area (Å²) in [4.78, 5) is 51.5. The zero-order chi connectivity index (χ0) is 24.7. The largest absolute Gasteiger partial charge is 0.497 e. The number of thiophene rings is 1. The van der Waals surface area contributed by atoms with E-state index in [0.29, 0.717) is 16.2 Å². The van der Waals surface area contributed by atoms with E-state index in [1.165, 1.54) is 11.8 Å². The number of anilines is 1. The molecule has 2 aromatic rings. The minimum absolute atomic E-state index is 0.0813. The number of amides is 3. The Labute approximate surface area is 197 Å². The van der Waals surface area contributed by atoms with Gasteiger partial charge in [-0.25, -0.2) is 4.79 Å². The van der Waals surface area contributed by atoms with Crippen LogP contribution < -0.4 is 15.4 Å². The molecular weight excluding hydrogens is 446 g/mol. The maximum Gasteiger partial charge on any atom is 0.341 e. The number of ether oxygens (including phenoxy) is 2. The standard InChI is InChI=1S/C23H29N3O6S/c1-7-32-23(30)19-13(2)20(22(29)26(4)5)33-21(19)25-18(28)12-17(24-14(3)27)15-8-10-16(31-6)11-9-15/h8-11,17H,7,12H2,1-6H3,(H,24,27)(H,25,28). The van der Waals surface area contributed by atoms with Crippen molar-refractivity contribution in [3.63, 3.8) is 0 Å². The highest BCUT2D eigenvalue weighted by Gasteiger charge is 2.28. The van der Waals surface area contributed by atoms with Crippen molar-refractivity contribution in [3.8, 4) is 5.75 Å². The lowest BCUT2D eigenvalue weighted by atomic mass is 10.0. The zero-order valence-electron chi connectivity index (χ0n) is 19.6. The smallest absolute Gasteiger partial charge is 0.341 e. The van der Waals surface area contributed by atoms with E-state index in [9.17, 15) is 19.2 Å². The summed E-state index contributed by atoms with van der Waals surface area (Å²) in [5, 5.41) is 5.73. The van der Waals surface area contributed by atoms with Gasteiger partial charge in [0.15, 0.2) is 0 Å². The predicted molar refractivity (Wildman–Crippen MR) is 126 cm³/mol. The molecule has 0 spiro atoms. The molecule has 2 N–H and O–H groups in total. The first kappa shape index (κ1) is 25.9. The second-order valence-corrected chi connectivity index (χ2v) is 8.48. The van der Waals surface area contributed by atoms with E-state index in [-0.39, 0.29) is 35.4 Å². The lowest BCUT2D eigenvalue weighted by Gasteiger charge is -2.18. The van der Waals surface area contributed by atoms with Gasteiger partial charge in [-0.1, -0.05) is 12.1 Å². The van der Waals surface area contributed by atoms with Crippen molar-refractivity contribution in [1.82, 2.24) is 10.2 Å². The van der Waals surface area contributed by atoms with Crippen LogP contribution in [0.5, 0.6) is 5.75 Å². The number of hydrogen-bond donors (Lipinski definition) is 2. The van der Waals surface area contributed by atoms with Crippen LogP contribution in [0.2, 0.25) is 0 Å². The average Bonchev–Trinajstić information content (AvgIpc) is 3.08. The van der Waals surface area contributed by atoms with Crippen molar-refractivity contribution in [3.05, 3.63) is 45.8 Å². The number of carbonyl (C=O) groups is 4. The van der Waals surface area contributed by atoms with Gasteiger partial charge in [-0.15, -0.1) is 11.3 Å². The molecule has 1 atom stereocenters. The molecule has 0 aliphatic heterocycles. The first-order chi connectivity index (χ1) is 15.6. The van der Waals surface area contributed by atoms with E-state index in [4.69, 9.17) is 9.47 Å². The molecule has 0 radical (unpaired) electrons. The summed E-state index contributed by atoms with van der Waals surface area (Å²) >= 11 is 1.02. The van der Waals surface area contributed by atoms with Gasteiger partial charge in [-0.2, -0.15) is 0 Å². The Kier molecular flexibility index (Phi) is 8.98. The molecule has 0 aliphatic carbocycles. The molecule has 1 aromatic carbocycles. The van der Waals surface area contributed by atoms with Gasteiger partial charge >= 0.3 is 5.97 Å². The molecule has 0 fully saturated rings. The van der Waals surface area contributed by atoms with Gasteiger partial charge < -0.3 is 25.0 Å². The SMILES string of the molecule is CCOC(=O)c1c(NC(=O)CC(NC(C)=O)c2ccc(OC)cc2)sc(C(=O)N(C)C)c1C. The van der Waals surface area contributed by atoms with Gasteiger partial charge in [-0.05, 0) is 37.1 Å². The molecule has 0 aliphatic rings. The summed E-state index contributed by atoms with van der Waals surface area (Å²) in [7, 11) is 4.76. The van der Waals surface area contributed by atoms with Crippen LogP contribution >= 0.6 is 11.3 Å². The Balaban J connectivity index is 2.33. The molecule has 1 aromatic heterocycles. The first-order valence-electron chi connectivity index (χ1n) is 10.3. The number of benzene rings is 1. The van der Waals surface area contributed by atoms with Crippen LogP contribution in [0, 0.1) is 6.92 Å². The maximum absolute atomic E-state index is 12.9. The van der Waals surface area contributed by atoms with Crippen LogP contribution in [-0.4, -0.2) is 56.4 Å². The van der Waals surface area contributed by atoms with E-state index in [1.54, 1.807) is 59.3 Å². The monoisotopic (exact) mass is 475 g/mol. The number of rotatable bonds is 9. The molecule has 1 heterocycles. The van der Waals surface area contributed by atoms with Crippen LogP contribution in [0.15, 0.2) is 24.3 Å². The molecule has 0 bridgehead atoms. The third-order valence-electron chi connectivity index (χ3n) is 4.76. The quantitative estimate of drug-likeness (QED) is 0.539. The number of carbonyl (C=O) groups excluding carboxylic acids is 4. The molecule has 2 rings (SSSR count). The van der Waals surface area contributed by atoms with E-state index in [0.717, 1.165) is 16.9 Å². The number of nitrogens with one attached hydrogen (secondary N) is 2. The topological polar surface area (TPSA) is 114 Å². The fourth-order valence-corrected chi connectivity index (χ4v) is 4.39. The van der Waals surface area contributed by atoms with E-state index in [1.807, 2.05) is 0 Å². The molecular formula is C23H29N3O6S. The van der Waals surface area contributed by atoms with Crippen molar-refractivity contribution in [1.29, 1.82) is 0 Å². The third kappa shape index (κ3) is 6.55. The van der Waals surface area contributed by atoms with Crippen LogP contribution in [0.1, 0.15) is 57.5 Å². The summed E-state index contributed by atoms with van der Waals surface area (Å²) in [6, 6.07) is 6.41. The summed E-state index contributed by atoms with van der Waals surface area (Å²) < 4.78 is 10.3. The predicted octanol–water partition coefficient (Wildman–Crippen LogP) is 3.15. The van der Waals surface area contributed by atoms with Gasteiger partial charge in [0, 0.05) is 21.0 Å². The lowest BCUT2D eigenvalue weighted by Crippen LogP contribution is -2.29. The minimum atomic E-state index is -0.618. The van der Waals surface area contributed by atoms with E-state index < -0.39 is 17.9 Å². The molecule has 3 amide bonds. The van der Waals surface area contributed by atoms with Gasteiger partial charge in [-0.3, -0.25) is 14.4 Å². The van der Waals surface area contributed by atoms with Crippen molar-refractivity contribution < 1.29 is 28.7 Å². The minimum Gasteiger partial charge on any atom is -0.497 e. The van der Waals surface area contributed by atoms with Gasteiger partial charge in [0.2, 0.25) is 11.8 Å². The normalized spacial score (nSPS) is 11.3. The van der Waals surface area contributed by atoms with Crippen molar-refractivity contribution in [2.24, 2.45) is 0 Å². The number of hydrogen-bond acceptors (Lipinski definition) is 7. The van der Waals surface area contributed by atoms with Crippen molar-refractivity contribution in [2.75, 3.05) is 33.1 Å². The summed E-state index contributed by atoms with van der Waals surface area (Å²) in [5.41, 5.74) is 1.32. The Bertz CT molecular complexity index is 1030. The molecule has 0 saturated heterocycles. The summed E-state index contributed by atoms with van der Waals surface area (Å²) in [6.07, 6.45) is -0.0813. The highest BCUT2D eigenvalue weighted by atomic mass is 32.1. The molecule has 33 heavy (non-hydrogen) atoms. The van der Waals surface area contributed by atoms with Crippen LogP contribution in [0.25, 0.3) is 0 Å². The molecule has 178 valence electrons. The first-order valence-corrected chi connectivity index (χ1v) is 11.1. The van der Waals surface area contributed by atoms with Crippen molar-refractivity contribution >= 4 is 40.0 Å². The van der Waals surface area contributed by atoms with Crippen LogP contribution in [-0.2, 0) is 14.3 Å². The zero-order valence-corrected chi connectivity index (χ0v) is 20.4. The Morgan fingerprint density at radius 2 is 1.76 bits per heavy atom. The average molecular weight is 476 g/mol. The number of methoxy groups -OCH3 is 1. The second kappa shape index (κ2) is 11.5. The Morgan fingerprint density at radius 1 is 1.12 bits per heavy atom. The molecule has 10 heteroatoms. The van der Waals surface area contributed by atoms with E-state index >= 15 is 0 Å². The fourth-order valence-electron chi connectivity index (χ4n) is 3.15. The molecule has 1 unspecified atom stereocenters.